The van der Waals surface area contributed by atoms with Crippen molar-refractivity contribution in [3.05, 3.63) is 35.1 Å². The van der Waals surface area contributed by atoms with Gasteiger partial charge in [0.05, 0.1) is 11.6 Å². The molecule has 3 nitrogen and oxygen atoms in total. The van der Waals surface area contributed by atoms with E-state index in [1.165, 1.54) is 0 Å². The smallest absolute Gasteiger partial charge is 0.126 e. The first-order chi connectivity index (χ1) is 10.1. The van der Waals surface area contributed by atoms with Gasteiger partial charge < -0.3 is 14.8 Å². The lowest BCUT2D eigenvalue weighted by molar-refractivity contribution is -0.127. The third-order valence-corrected chi connectivity index (χ3v) is 4.22. The molecular weight excluding hydrogens is 269 g/mol. The predicted molar refractivity (Wildman–Crippen MR) is 82.0 cm³/mol. The minimum Gasteiger partial charge on any atom is -0.381 e. The van der Waals surface area contributed by atoms with Crippen molar-refractivity contribution in [1.29, 1.82) is 0 Å². The summed E-state index contributed by atoms with van der Waals surface area (Å²) in [5, 5.41) is 3.54. The van der Waals surface area contributed by atoms with Crippen molar-refractivity contribution in [2.45, 2.75) is 45.3 Å². The van der Waals surface area contributed by atoms with Gasteiger partial charge in [-0.15, -0.1) is 0 Å². The highest BCUT2D eigenvalue weighted by molar-refractivity contribution is 5.29. The number of halogens is 1. The van der Waals surface area contributed by atoms with Gasteiger partial charge in [0, 0.05) is 32.7 Å². The minimum absolute atomic E-state index is 0.0608. The molecule has 0 saturated carbocycles. The quantitative estimate of drug-likeness (QED) is 0.873. The summed E-state index contributed by atoms with van der Waals surface area (Å²) in [5.41, 5.74) is 1.49. The Kier molecular flexibility index (Phi) is 5.73. The Bertz CT molecular complexity index is 453. The summed E-state index contributed by atoms with van der Waals surface area (Å²) in [6.45, 7) is 8.85. The molecule has 1 atom stereocenters. The van der Waals surface area contributed by atoms with Crippen LogP contribution in [0.25, 0.3) is 0 Å². The number of hydrogen-bond donors (Lipinski definition) is 1. The average Bonchev–Trinajstić information content (AvgIpc) is 2.49. The Balaban J connectivity index is 2.36. The van der Waals surface area contributed by atoms with Crippen molar-refractivity contribution < 1.29 is 13.9 Å². The molecule has 0 amide bonds. The largest absolute Gasteiger partial charge is 0.381 e. The van der Waals surface area contributed by atoms with Gasteiger partial charge in [-0.05, 0) is 37.6 Å². The lowest BCUT2D eigenvalue weighted by Crippen LogP contribution is -2.50. The third kappa shape index (κ3) is 3.62. The monoisotopic (exact) mass is 295 g/mol. The molecule has 1 heterocycles. The van der Waals surface area contributed by atoms with Crippen molar-refractivity contribution in [2.24, 2.45) is 0 Å². The average molecular weight is 295 g/mol. The Morgan fingerprint density at radius 2 is 2.05 bits per heavy atom. The molecule has 1 aliphatic heterocycles. The zero-order valence-corrected chi connectivity index (χ0v) is 13.2. The van der Waals surface area contributed by atoms with Gasteiger partial charge in [0.2, 0.25) is 0 Å². The lowest BCUT2D eigenvalue weighted by Gasteiger charge is -2.43. The highest BCUT2D eigenvalue weighted by Crippen LogP contribution is 2.38. The number of hydrogen-bond acceptors (Lipinski definition) is 3. The Labute approximate surface area is 126 Å². The molecule has 1 aliphatic rings. The fourth-order valence-electron chi connectivity index (χ4n) is 3.18. The second kappa shape index (κ2) is 7.34. The molecule has 21 heavy (non-hydrogen) atoms. The van der Waals surface area contributed by atoms with Gasteiger partial charge in [-0.25, -0.2) is 4.39 Å². The zero-order chi connectivity index (χ0) is 15.3. The summed E-state index contributed by atoms with van der Waals surface area (Å²) >= 11 is 0. The molecule has 2 rings (SSSR count). The van der Waals surface area contributed by atoms with E-state index in [2.05, 4.69) is 12.2 Å². The number of ether oxygens (including phenoxy) is 2. The fourth-order valence-corrected chi connectivity index (χ4v) is 3.18. The topological polar surface area (TPSA) is 30.5 Å². The van der Waals surface area contributed by atoms with Gasteiger partial charge in [0.25, 0.3) is 0 Å². The molecule has 1 N–H and O–H groups in total. The third-order valence-electron chi connectivity index (χ3n) is 4.22. The minimum atomic E-state index is -0.271. The summed E-state index contributed by atoms with van der Waals surface area (Å²) < 4.78 is 25.2. The SMILES string of the molecule is CCNC(c1ccc(F)c(C)c1)C1(OCC)CCOCC1. The normalized spacial score (nSPS) is 19.4. The van der Waals surface area contributed by atoms with E-state index in [-0.39, 0.29) is 17.5 Å². The molecule has 4 heteroatoms. The van der Waals surface area contributed by atoms with Crippen LogP contribution in [0.1, 0.15) is 43.9 Å². The van der Waals surface area contributed by atoms with Crippen molar-refractivity contribution >= 4 is 0 Å². The summed E-state index contributed by atoms with van der Waals surface area (Å²) in [7, 11) is 0. The molecule has 1 unspecified atom stereocenters. The highest BCUT2D eigenvalue weighted by Gasteiger charge is 2.41. The van der Waals surface area contributed by atoms with Crippen LogP contribution in [0, 0.1) is 12.7 Å². The van der Waals surface area contributed by atoms with E-state index in [1.807, 2.05) is 19.1 Å². The Morgan fingerprint density at radius 1 is 1.33 bits per heavy atom. The van der Waals surface area contributed by atoms with Gasteiger partial charge in [-0.2, -0.15) is 0 Å². The molecule has 0 spiro atoms. The van der Waals surface area contributed by atoms with Crippen LogP contribution in [0.3, 0.4) is 0 Å². The number of nitrogens with one attached hydrogen (secondary N) is 1. The second-order valence-corrected chi connectivity index (χ2v) is 5.61. The summed E-state index contributed by atoms with van der Waals surface area (Å²) in [5.74, 6) is -0.161. The van der Waals surface area contributed by atoms with Crippen LogP contribution in [0.4, 0.5) is 4.39 Å². The maximum atomic E-state index is 13.6. The number of aryl methyl sites for hydroxylation is 1. The lowest BCUT2D eigenvalue weighted by atomic mass is 9.81. The van der Waals surface area contributed by atoms with E-state index in [1.54, 1.807) is 13.0 Å². The first-order valence-corrected chi connectivity index (χ1v) is 7.84. The van der Waals surface area contributed by atoms with Crippen molar-refractivity contribution in [2.75, 3.05) is 26.4 Å². The van der Waals surface area contributed by atoms with E-state index < -0.39 is 0 Å². The maximum absolute atomic E-state index is 13.6. The fraction of sp³-hybridized carbons (Fsp3) is 0.647. The molecule has 1 aromatic carbocycles. The predicted octanol–water partition coefficient (Wildman–Crippen LogP) is 3.37. The van der Waals surface area contributed by atoms with Crippen molar-refractivity contribution in [3.63, 3.8) is 0 Å². The second-order valence-electron chi connectivity index (χ2n) is 5.61. The molecular formula is C17H26FNO2. The first-order valence-electron chi connectivity index (χ1n) is 7.84. The van der Waals surface area contributed by atoms with E-state index in [0.29, 0.717) is 25.4 Å². The molecule has 1 aromatic rings. The Hall–Kier alpha value is -0.970. The molecule has 1 saturated heterocycles. The maximum Gasteiger partial charge on any atom is 0.126 e. The molecule has 1 fully saturated rings. The molecule has 118 valence electrons. The van der Waals surface area contributed by atoms with Crippen molar-refractivity contribution in [3.8, 4) is 0 Å². The summed E-state index contributed by atoms with van der Waals surface area (Å²) in [6.07, 6.45) is 1.71. The summed E-state index contributed by atoms with van der Waals surface area (Å²) in [4.78, 5) is 0. The van der Waals surface area contributed by atoms with E-state index in [9.17, 15) is 4.39 Å². The number of benzene rings is 1. The van der Waals surface area contributed by atoms with Crippen LogP contribution in [-0.2, 0) is 9.47 Å². The van der Waals surface area contributed by atoms with E-state index >= 15 is 0 Å². The van der Waals surface area contributed by atoms with Crippen LogP contribution < -0.4 is 5.32 Å². The van der Waals surface area contributed by atoms with Gasteiger partial charge in [0.1, 0.15) is 5.82 Å². The molecule has 0 aromatic heterocycles. The zero-order valence-electron chi connectivity index (χ0n) is 13.2. The molecule has 0 aliphatic carbocycles. The van der Waals surface area contributed by atoms with Crippen LogP contribution in [0.15, 0.2) is 18.2 Å². The standard InChI is InChI=1S/C17H26FNO2/c1-4-19-16(14-6-7-15(18)13(3)12-14)17(21-5-2)8-10-20-11-9-17/h6-7,12,16,19H,4-5,8-11H2,1-3H3. The van der Waals surface area contributed by atoms with Gasteiger partial charge in [-0.1, -0.05) is 19.1 Å². The van der Waals surface area contributed by atoms with Gasteiger partial charge in [-0.3, -0.25) is 0 Å². The molecule has 0 radical (unpaired) electrons. The van der Waals surface area contributed by atoms with E-state index in [4.69, 9.17) is 9.47 Å². The molecule has 0 bridgehead atoms. The van der Waals surface area contributed by atoms with Crippen LogP contribution >= 0.6 is 0 Å². The highest BCUT2D eigenvalue weighted by atomic mass is 19.1. The van der Waals surface area contributed by atoms with Crippen LogP contribution in [0.5, 0.6) is 0 Å². The Morgan fingerprint density at radius 3 is 2.62 bits per heavy atom. The van der Waals surface area contributed by atoms with Gasteiger partial charge >= 0.3 is 0 Å². The summed E-state index contributed by atoms with van der Waals surface area (Å²) in [6, 6.07) is 5.41. The number of rotatable bonds is 6. The number of likely N-dealkylation sites (N-methyl/N-ethyl adjacent to an activating group) is 1. The van der Waals surface area contributed by atoms with Crippen LogP contribution in [0.2, 0.25) is 0 Å². The first kappa shape index (κ1) is 16.4. The van der Waals surface area contributed by atoms with Crippen LogP contribution in [-0.4, -0.2) is 32.0 Å². The van der Waals surface area contributed by atoms with Crippen molar-refractivity contribution in [1.82, 2.24) is 5.32 Å². The van der Waals surface area contributed by atoms with E-state index in [0.717, 1.165) is 24.9 Å². The van der Waals surface area contributed by atoms with Gasteiger partial charge in [0.15, 0.2) is 0 Å².